The zero-order valence-electron chi connectivity index (χ0n) is 15.8. The topological polar surface area (TPSA) is 117 Å². The second-order valence-electron chi connectivity index (χ2n) is 6.97. The fourth-order valence-electron chi connectivity index (χ4n) is 3.41. The third kappa shape index (κ3) is 4.49. The molecule has 1 aromatic carbocycles. The maximum Gasteiger partial charge on any atom is 0.247 e. The zero-order valence-corrected chi connectivity index (χ0v) is 15.8. The molecule has 1 aromatic rings. The number of ether oxygens (including phenoxy) is 3. The van der Waals surface area contributed by atoms with E-state index in [1.54, 1.807) is 6.07 Å². The van der Waals surface area contributed by atoms with E-state index in [1.807, 2.05) is 0 Å². The van der Waals surface area contributed by atoms with Crippen LogP contribution >= 0.6 is 0 Å². The van der Waals surface area contributed by atoms with Crippen LogP contribution in [0.3, 0.4) is 0 Å². The minimum absolute atomic E-state index is 0.0694. The maximum atomic E-state index is 14.1. The second-order valence-corrected chi connectivity index (χ2v) is 6.97. The van der Waals surface area contributed by atoms with Crippen LogP contribution in [0.15, 0.2) is 36.4 Å². The van der Waals surface area contributed by atoms with E-state index >= 15 is 0 Å². The van der Waals surface area contributed by atoms with Gasteiger partial charge in [0.25, 0.3) is 0 Å². The summed E-state index contributed by atoms with van der Waals surface area (Å²) in [7, 11) is 0. The van der Waals surface area contributed by atoms with Crippen molar-refractivity contribution in [3.8, 4) is 5.75 Å². The molecular formula is C20H24FNO7. The Bertz CT molecular complexity index is 799. The number of fused-ring (bicyclic) bond motifs is 1. The quantitative estimate of drug-likeness (QED) is 0.389. The molecule has 0 unspecified atom stereocenters. The summed E-state index contributed by atoms with van der Waals surface area (Å²) in [5, 5.41) is 33.3. The number of aliphatic hydroxyl groups is 3. The molecule has 1 amide bonds. The number of amides is 1. The smallest absolute Gasteiger partial charge is 0.247 e. The molecule has 1 saturated carbocycles. The van der Waals surface area contributed by atoms with Crippen molar-refractivity contribution in [2.45, 2.75) is 43.5 Å². The number of benzene rings is 1. The summed E-state index contributed by atoms with van der Waals surface area (Å²) < 4.78 is 29.6. The fraction of sp³-hybridized carbons (Fsp3) is 0.450. The van der Waals surface area contributed by atoms with Crippen molar-refractivity contribution in [2.75, 3.05) is 13.4 Å². The summed E-state index contributed by atoms with van der Waals surface area (Å²) in [6, 6.07) is 3.09. The van der Waals surface area contributed by atoms with Crippen LogP contribution < -0.4 is 10.1 Å². The van der Waals surface area contributed by atoms with Crippen LogP contribution in [0.4, 0.5) is 4.39 Å². The van der Waals surface area contributed by atoms with Crippen molar-refractivity contribution in [3.63, 3.8) is 0 Å². The Morgan fingerprint density at radius 3 is 2.62 bits per heavy atom. The molecule has 6 atom stereocenters. The first-order valence-electron chi connectivity index (χ1n) is 9.13. The molecule has 1 saturated heterocycles. The molecule has 0 radical (unpaired) electrons. The van der Waals surface area contributed by atoms with Gasteiger partial charge in [-0.1, -0.05) is 18.7 Å². The molecule has 0 spiro atoms. The number of carbonyl (C=O) groups excluding carboxylic acids is 1. The molecular weight excluding hydrogens is 385 g/mol. The molecule has 0 aromatic heterocycles. The first-order valence-corrected chi connectivity index (χ1v) is 9.13. The van der Waals surface area contributed by atoms with Crippen molar-refractivity contribution < 1.29 is 38.7 Å². The summed E-state index contributed by atoms with van der Waals surface area (Å²) >= 11 is 0. The van der Waals surface area contributed by atoms with Gasteiger partial charge in [-0.25, -0.2) is 4.39 Å². The lowest BCUT2D eigenvalue weighted by atomic mass is 9.83. The predicted molar refractivity (Wildman–Crippen MR) is 100 cm³/mol. The summed E-state index contributed by atoms with van der Waals surface area (Å²) in [5.74, 6) is -1.11. The second kappa shape index (κ2) is 9.02. The Morgan fingerprint density at radius 1 is 1.28 bits per heavy atom. The maximum absolute atomic E-state index is 14.1. The van der Waals surface area contributed by atoms with Gasteiger partial charge in [-0.05, 0) is 30.7 Å². The molecule has 8 nitrogen and oxygen atoms in total. The van der Waals surface area contributed by atoms with E-state index in [1.165, 1.54) is 31.2 Å². The normalized spacial score (nSPS) is 31.8. The lowest BCUT2D eigenvalue weighted by molar-refractivity contribution is -0.155. The van der Waals surface area contributed by atoms with Gasteiger partial charge in [0.2, 0.25) is 5.91 Å². The van der Waals surface area contributed by atoms with Crippen LogP contribution in [0.5, 0.6) is 5.75 Å². The number of hydrogen-bond acceptors (Lipinski definition) is 7. The van der Waals surface area contributed by atoms with Crippen LogP contribution in [0.1, 0.15) is 12.5 Å². The van der Waals surface area contributed by atoms with Crippen molar-refractivity contribution in [1.82, 2.24) is 5.32 Å². The third-order valence-electron chi connectivity index (χ3n) is 4.96. The van der Waals surface area contributed by atoms with Gasteiger partial charge < -0.3 is 34.8 Å². The number of nitrogens with one attached hydrogen (secondary N) is 1. The highest BCUT2D eigenvalue weighted by molar-refractivity contribution is 5.97. The Kier molecular flexibility index (Phi) is 6.66. The van der Waals surface area contributed by atoms with E-state index < -0.39 is 48.3 Å². The highest BCUT2D eigenvalue weighted by Crippen LogP contribution is 2.30. The van der Waals surface area contributed by atoms with Crippen LogP contribution in [0.2, 0.25) is 0 Å². The molecule has 1 aliphatic heterocycles. The van der Waals surface area contributed by atoms with Crippen molar-refractivity contribution in [2.24, 2.45) is 0 Å². The van der Waals surface area contributed by atoms with Crippen LogP contribution in [-0.4, -0.2) is 71.2 Å². The lowest BCUT2D eigenvalue weighted by Gasteiger charge is -2.41. The minimum atomic E-state index is -1.44. The largest absolute Gasteiger partial charge is 0.486 e. The Labute approximate surface area is 167 Å². The predicted octanol–water partition coefficient (Wildman–Crippen LogP) is 0.116. The van der Waals surface area contributed by atoms with E-state index in [-0.39, 0.29) is 24.7 Å². The van der Waals surface area contributed by atoms with Crippen LogP contribution in [0, 0.1) is 5.82 Å². The van der Waals surface area contributed by atoms with Crippen molar-refractivity contribution in [3.05, 3.63) is 47.8 Å². The summed E-state index contributed by atoms with van der Waals surface area (Å²) in [6.45, 7) is 5.05. The molecule has 0 bridgehead atoms. The van der Waals surface area contributed by atoms with Gasteiger partial charge in [0.05, 0.1) is 6.04 Å². The number of hydrogen-bond donors (Lipinski definition) is 4. The molecule has 9 heteroatoms. The van der Waals surface area contributed by atoms with E-state index in [2.05, 4.69) is 11.9 Å². The van der Waals surface area contributed by atoms with Gasteiger partial charge in [0, 0.05) is 5.57 Å². The molecule has 2 aliphatic rings. The lowest BCUT2D eigenvalue weighted by Crippen LogP contribution is -2.67. The van der Waals surface area contributed by atoms with Gasteiger partial charge in [0.15, 0.2) is 11.6 Å². The fourth-order valence-corrected chi connectivity index (χ4v) is 3.41. The zero-order chi connectivity index (χ0) is 21.1. The molecule has 4 N–H and O–H groups in total. The molecule has 2 fully saturated rings. The molecule has 1 heterocycles. The minimum Gasteiger partial charge on any atom is -0.486 e. The SMILES string of the molecule is C=CCOc1ccc(/C=C(\C)C(=O)N[C@@H]2[C@H](O)[C@@H](O)[C@H]3OCO[C@H]3[C@@H]2O)cc1F. The van der Waals surface area contributed by atoms with E-state index in [4.69, 9.17) is 14.2 Å². The van der Waals surface area contributed by atoms with E-state index in [0.29, 0.717) is 5.56 Å². The van der Waals surface area contributed by atoms with Crippen LogP contribution in [-0.2, 0) is 14.3 Å². The number of halogens is 1. The average Bonchev–Trinajstić information content (AvgIpc) is 3.19. The van der Waals surface area contributed by atoms with E-state index in [0.717, 1.165) is 0 Å². The molecule has 29 heavy (non-hydrogen) atoms. The number of carbonyl (C=O) groups is 1. The number of aliphatic hydroxyl groups excluding tert-OH is 3. The summed E-state index contributed by atoms with van der Waals surface area (Å²) in [6.07, 6.45) is -2.81. The third-order valence-corrected chi connectivity index (χ3v) is 4.96. The van der Waals surface area contributed by atoms with Gasteiger partial charge in [-0.2, -0.15) is 0 Å². The Hall–Kier alpha value is -2.30. The van der Waals surface area contributed by atoms with Crippen LogP contribution in [0.25, 0.3) is 6.08 Å². The van der Waals surface area contributed by atoms with E-state index in [9.17, 15) is 24.5 Å². The van der Waals surface area contributed by atoms with Gasteiger partial charge in [0.1, 0.15) is 43.9 Å². The Balaban J connectivity index is 1.69. The highest BCUT2D eigenvalue weighted by Gasteiger charge is 2.53. The highest BCUT2D eigenvalue weighted by atomic mass is 19.1. The standard InChI is InChI=1S/C20H24FNO7/c1-3-6-27-13-5-4-11(8-12(13)21)7-10(2)20(26)22-14-15(23)17(25)19-18(16(14)24)28-9-29-19/h3-5,7-8,14-19,23-25H,1,6,9H2,2H3,(H,22,26)/b10-7+/t14-,15+,16-,17-,18+,19-/m1/s1. The molecule has 158 valence electrons. The average molecular weight is 409 g/mol. The van der Waals surface area contributed by atoms with Gasteiger partial charge >= 0.3 is 0 Å². The summed E-state index contributed by atoms with van der Waals surface area (Å²) in [5.41, 5.74) is 0.641. The van der Waals surface area contributed by atoms with Gasteiger partial charge in [-0.3, -0.25) is 4.79 Å². The first kappa shape index (κ1) is 21.4. The van der Waals surface area contributed by atoms with Gasteiger partial charge in [-0.15, -0.1) is 0 Å². The van der Waals surface area contributed by atoms with Crippen molar-refractivity contribution in [1.29, 1.82) is 0 Å². The molecule has 3 rings (SSSR count). The molecule has 1 aliphatic carbocycles. The number of rotatable bonds is 6. The first-order chi connectivity index (χ1) is 13.8. The Morgan fingerprint density at radius 2 is 1.97 bits per heavy atom. The van der Waals surface area contributed by atoms with Crippen molar-refractivity contribution >= 4 is 12.0 Å². The summed E-state index contributed by atoms with van der Waals surface area (Å²) in [4.78, 5) is 12.5. The monoisotopic (exact) mass is 409 g/mol.